The molecule has 5 heteroatoms. The summed E-state index contributed by atoms with van der Waals surface area (Å²) < 4.78 is 0. The molecular weight excluding hydrogens is 315 g/mol. The molecule has 0 heterocycles. The van der Waals surface area contributed by atoms with Crippen molar-refractivity contribution >= 4 is 11.9 Å². The van der Waals surface area contributed by atoms with Crippen LogP contribution in [0.5, 0.6) is 0 Å². The zero-order chi connectivity index (χ0) is 17.5. The van der Waals surface area contributed by atoms with E-state index in [1.807, 2.05) is 0 Å². The molecule has 0 amide bonds. The second kappa shape index (κ2) is 17.5. The molecule has 0 aromatic carbocycles. The Hall–Kier alpha value is -0.320. The number of carbonyl (C=O) groups is 2. The van der Waals surface area contributed by atoms with Gasteiger partial charge >= 0.3 is 41.5 Å². The van der Waals surface area contributed by atoms with Gasteiger partial charge in [0.15, 0.2) is 0 Å². The van der Waals surface area contributed by atoms with Gasteiger partial charge in [0.25, 0.3) is 0 Å². The Morgan fingerprint density at radius 1 is 0.667 bits per heavy atom. The third-order valence-electron chi connectivity index (χ3n) is 4.31. The van der Waals surface area contributed by atoms with Gasteiger partial charge in [0, 0.05) is 11.1 Å². The predicted octanol–water partition coefficient (Wildman–Crippen LogP) is 2.57. The van der Waals surface area contributed by atoms with Crippen molar-refractivity contribution in [1.29, 1.82) is 0 Å². The molecule has 0 bridgehead atoms. The van der Waals surface area contributed by atoms with Crippen LogP contribution in [0.25, 0.3) is 0 Å². The van der Waals surface area contributed by atoms with Crippen LogP contribution in [0.15, 0.2) is 11.1 Å². The summed E-state index contributed by atoms with van der Waals surface area (Å²) in [5.41, 5.74) is 0.00477. The first-order valence-electron chi connectivity index (χ1n) is 9.17. The largest absolute Gasteiger partial charge is 1.00 e. The van der Waals surface area contributed by atoms with Gasteiger partial charge in [-0.3, -0.25) is 0 Å². The molecule has 0 saturated heterocycles. The Labute approximate surface area is 169 Å². The molecule has 0 aromatic rings. The smallest absolute Gasteiger partial charge is 0.478 e. The summed E-state index contributed by atoms with van der Waals surface area (Å²) in [5.74, 6) is -2.24. The number of unbranched alkanes of at least 4 members (excludes halogenated alkanes) is 11. The fraction of sp³-hybridized carbons (Fsp3) is 0.789. The molecular formula is C19H34NaO4+. The van der Waals surface area contributed by atoms with Crippen molar-refractivity contribution in [2.45, 2.75) is 97.3 Å². The molecule has 2 N–H and O–H groups in total. The Morgan fingerprint density at radius 2 is 1.04 bits per heavy atom. The van der Waals surface area contributed by atoms with Crippen molar-refractivity contribution in [3.8, 4) is 0 Å². The zero-order valence-electron chi connectivity index (χ0n) is 15.9. The van der Waals surface area contributed by atoms with Crippen LogP contribution >= 0.6 is 0 Å². The van der Waals surface area contributed by atoms with Crippen LogP contribution in [-0.2, 0) is 9.59 Å². The van der Waals surface area contributed by atoms with E-state index in [1.54, 1.807) is 0 Å². The maximum absolute atomic E-state index is 11.1. The van der Waals surface area contributed by atoms with Gasteiger partial charge in [0.05, 0.1) is 0 Å². The number of carboxylic acids is 2. The quantitative estimate of drug-likeness (QED) is 0.271. The number of hydrogen-bond donors (Lipinski definition) is 2. The van der Waals surface area contributed by atoms with Gasteiger partial charge in [0.1, 0.15) is 0 Å². The second-order valence-electron chi connectivity index (χ2n) is 6.35. The molecule has 0 fully saturated rings. The Kier molecular flexibility index (Phi) is 18.9. The molecule has 0 aliphatic rings. The second-order valence-corrected chi connectivity index (χ2v) is 6.35. The van der Waals surface area contributed by atoms with E-state index in [1.165, 1.54) is 64.7 Å². The number of hydrogen-bond acceptors (Lipinski definition) is 2. The molecule has 4 nitrogen and oxygen atoms in total. The van der Waals surface area contributed by atoms with Crippen LogP contribution < -0.4 is 29.6 Å². The Bertz CT molecular complexity index is 378. The summed E-state index contributed by atoms with van der Waals surface area (Å²) >= 11 is 0. The summed E-state index contributed by atoms with van der Waals surface area (Å²) in [6.07, 6.45) is 15.0. The topological polar surface area (TPSA) is 74.6 Å². The van der Waals surface area contributed by atoms with Gasteiger partial charge in [-0.2, -0.15) is 0 Å². The average Bonchev–Trinajstić information content (AvgIpc) is 2.51. The van der Waals surface area contributed by atoms with Gasteiger partial charge in [-0.25, -0.2) is 9.59 Å². The monoisotopic (exact) mass is 349 g/mol. The average molecular weight is 349 g/mol. The van der Waals surface area contributed by atoms with Crippen molar-refractivity contribution in [2.24, 2.45) is 0 Å². The van der Waals surface area contributed by atoms with Crippen molar-refractivity contribution < 1.29 is 49.4 Å². The van der Waals surface area contributed by atoms with Crippen LogP contribution in [0, 0.1) is 0 Å². The third kappa shape index (κ3) is 14.1. The molecule has 0 radical (unpaired) electrons. The van der Waals surface area contributed by atoms with Crippen LogP contribution in [0.3, 0.4) is 0 Å². The molecule has 0 saturated carbocycles. The number of carboxylic acid groups (broad SMARTS) is 2. The molecule has 0 rings (SSSR count). The van der Waals surface area contributed by atoms with Crippen molar-refractivity contribution in [1.82, 2.24) is 0 Å². The van der Waals surface area contributed by atoms with Crippen LogP contribution in [-0.4, -0.2) is 22.2 Å². The summed E-state index contributed by atoms with van der Waals surface area (Å²) in [5, 5.41) is 17.9. The Balaban J connectivity index is 0. The molecule has 0 aromatic heterocycles. The van der Waals surface area contributed by atoms with E-state index in [-0.39, 0.29) is 40.7 Å². The first-order valence-corrected chi connectivity index (χ1v) is 9.17. The summed E-state index contributed by atoms with van der Waals surface area (Å²) in [4.78, 5) is 21.9. The fourth-order valence-corrected chi connectivity index (χ4v) is 2.73. The van der Waals surface area contributed by atoms with Gasteiger partial charge < -0.3 is 10.2 Å². The molecule has 0 spiro atoms. The SMILES string of the molecule is CCCCCCCCCCCCCC/C(C(=O)O)=C(\C)C(=O)O.[Na+]. The van der Waals surface area contributed by atoms with Crippen LogP contribution in [0.2, 0.25) is 0 Å². The minimum atomic E-state index is -1.14. The van der Waals surface area contributed by atoms with E-state index >= 15 is 0 Å². The standard InChI is InChI=1S/C19H34O4.Na/c1-3-4-5-6-7-8-9-10-11-12-13-14-15-17(19(22)23)16(2)18(20)21;/h3-15H2,1-2H3,(H,20,21)(H,22,23);/q;+1/b17-16-;. The summed E-state index contributed by atoms with van der Waals surface area (Å²) in [6, 6.07) is 0. The summed E-state index contributed by atoms with van der Waals surface area (Å²) in [6.45, 7) is 3.60. The number of rotatable bonds is 15. The predicted molar refractivity (Wildman–Crippen MR) is 93.7 cm³/mol. The maximum atomic E-state index is 11.1. The van der Waals surface area contributed by atoms with E-state index in [9.17, 15) is 9.59 Å². The van der Waals surface area contributed by atoms with E-state index < -0.39 is 11.9 Å². The van der Waals surface area contributed by atoms with Crippen molar-refractivity contribution in [2.75, 3.05) is 0 Å². The van der Waals surface area contributed by atoms with Gasteiger partial charge in [0.2, 0.25) is 0 Å². The third-order valence-corrected chi connectivity index (χ3v) is 4.31. The van der Waals surface area contributed by atoms with E-state index in [0.717, 1.165) is 19.3 Å². The minimum Gasteiger partial charge on any atom is -0.478 e. The maximum Gasteiger partial charge on any atom is 1.00 e. The van der Waals surface area contributed by atoms with Crippen LogP contribution in [0.4, 0.5) is 0 Å². The van der Waals surface area contributed by atoms with E-state index in [4.69, 9.17) is 10.2 Å². The molecule has 24 heavy (non-hydrogen) atoms. The van der Waals surface area contributed by atoms with Gasteiger partial charge in [-0.15, -0.1) is 0 Å². The van der Waals surface area contributed by atoms with Crippen LogP contribution in [0.1, 0.15) is 97.3 Å². The van der Waals surface area contributed by atoms with E-state index in [0.29, 0.717) is 6.42 Å². The van der Waals surface area contributed by atoms with E-state index in [2.05, 4.69) is 6.92 Å². The van der Waals surface area contributed by atoms with Crippen molar-refractivity contribution in [3.63, 3.8) is 0 Å². The van der Waals surface area contributed by atoms with Gasteiger partial charge in [-0.05, 0) is 19.8 Å². The summed E-state index contributed by atoms with van der Waals surface area (Å²) in [7, 11) is 0. The number of aliphatic carboxylic acids is 2. The molecule has 0 aliphatic carbocycles. The molecule has 134 valence electrons. The Morgan fingerprint density at radius 3 is 1.38 bits per heavy atom. The first kappa shape index (κ1) is 25.9. The normalized spacial score (nSPS) is 11.6. The first-order chi connectivity index (χ1) is 11.0. The zero-order valence-corrected chi connectivity index (χ0v) is 17.9. The van der Waals surface area contributed by atoms with Crippen molar-refractivity contribution in [3.05, 3.63) is 11.1 Å². The molecule has 0 aliphatic heterocycles. The molecule has 0 unspecified atom stereocenters. The van der Waals surface area contributed by atoms with Gasteiger partial charge in [-0.1, -0.05) is 77.6 Å². The molecule has 0 atom stereocenters. The minimum absolute atomic E-state index is 0. The fourth-order valence-electron chi connectivity index (χ4n) is 2.73.